The number of para-hydroxylation sites is 1. The highest BCUT2D eigenvalue weighted by Gasteiger charge is 2.42. The van der Waals surface area contributed by atoms with Crippen LogP contribution in [-0.4, -0.2) is 12.5 Å². The van der Waals surface area contributed by atoms with Crippen molar-refractivity contribution in [1.29, 1.82) is 0 Å². The van der Waals surface area contributed by atoms with Crippen molar-refractivity contribution in [3.8, 4) is 0 Å². The summed E-state index contributed by atoms with van der Waals surface area (Å²) in [5.74, 6) is 1.77. The zero-order chi connectivity index (χ0) is 12.8. The molecular formula is C17H19NO. The zero-order valence-corrected chi connectivity index (χ0v) is 11.1. The second-order valence-electron chi connectivity index (χ2n) is 6.11. The minimum Gasteiger partial charge on any atom is -0.312 e. The highest BCUT2D eigenvalue weighted by atomic mass is 16.2. The molecule has 1 aromatic carbocycles. The summed E-state index contributed by atoms with van der Waals surface area (Å²) in [7, 11) is 0. The van der Waals surface area contributed by atoms with Crippen LogP contribution in [0.2, 0.25) is 0 Å². The van der Waals surface area contributed by atoms with E-state index in [0.29, 0.717) is 17.7 Å². The molecule has 2 bridgehead atoms. The average molecular weight is 253 g/mol. The summed E-state index contributed by atoms with van der Waals surface area (Å²) in [4.78, 5) is 14.9. The van der Waals surface area contributed by atoms with Crippen molar-refractivity contribution >= 4 is 11.6 Å². The van der Waals surface area contributed by atoms with Crippen LogP contribution in [0.4, 0.5) is 5.69 Å². The molecule has 3 atom stereocenters. The number of anilines is 1. The molecule has 2 heteroatoms. The zero-order valence-electron chi connectivity index (χ0n) is 11.1. The molecule has 0 saturated heterocycles. The third-order valence-corrected chi connectivity index (χ3v) is 4.97. The predicted octanol–water partition coefficient (Wildman–Crippen LogP) is 3.18. The third-order valence-electron chi connectivity index (χ3n) is 4.97. The lowest BCUT2D eigenvalue weighted by Crippen LogP contribution is -2.40. The van der Waals surface area contributed by atoms with E-state index in [1.807, 2.05) is 6.07 Å². The first-order valence-electron chi connectivity index (χ1n) is 7.40. The molecule has 0 aromatic heterocycles. The summed E-state index contributed by atoms with van der Waals surface area (Å²) < 4.78 is 0. The minimum atomic E-state index is 0.237. The molecule has 19 heavy (non-hydrogen) atoms. The Labute approximate surface area is 114 Å². The van der Waals surface area contributed by atoms with Gasteiger partial charge in [0.15, 0.2) is 0 Å². The van der Waals surface area contributed by atoms with E-state index in [0.717, 1.165) is 31.5 Å². The Kier molecular flexibility index (Phi) is 2.51. The van der Waals surface area contributed by atoms with Gasteiger partial charge in [-0.15, -0.1) is 0 Å². The van der Waals surface area contributed by atoms with Crippen LogP contribution in [0.15, 0.2) is 36.4 Å². The molecule has 1 heterocycles. The highest BCUT2D eigenvalue weighted by Crippen LogP contribution is 2.45. The van der Waals surface area contributed by atoms with E-state index in [1.165, 1.54) is 12.0 Å². The Hall–Kier alpha value is -1.57. The van der Waals surface area contributed by atoms with E-state index in [4.69, 9.17) is 0 Å². The van der Waals surface area contributed by atoms with Gasteiger partial charge >= 0.3 is 0 Å². The van der Waals surface area contributed by atoms with Crippen LogP contribution in [0.3, 0.4) is 0 Å². The smallest absolute Gasteiger partial charge is 0.230 e. The van der Waals surface area contributed by atoms with Gasteiger partial charge in [-0.2, -0.15) is 0 Å². The van der Waals surface area contributed by atoms with Crippen molar-refractivity contribution in [3.05, 3.63) is 42.0 Å². The minimum absolute atomic E-state index is 0.237. The molecule has 98 valence electrons. The van der Waals surface area contributed by atoms with Gasteiger partial charge in [-0.25, -0.2) is 0 Å². The molecule has 1 saturated carbocycles. The van der Waals surface area contributed by atoms with Crippen molar-refractivity contribution in [1.82, 2.24) is 0 Å². The van der Waals surface area contributed by atoms with Crippen LogP contribution >= 0.6 is 0 Å². The van der Waals surface area contributed by atoms with Gasteiger partial charge in [0.25, 0.3) is 0 Å². The first kappa shape index (κ1) is 11.3. The topological polar surface area (TPSA) is 20.3 Å². The van der Waals surface area contributed by atoms with Crippen LogP contribution in [0.25, 0.3) is 0 Å². The Morgan fingerprint density at radius 2 is 2.05 bits per heavy atom. The summed E-state index contributed by atoms with van der Waals surface area (Å²) in [6, 6.07) is 8.39. The number of aryl methyl sites for hydroxylation is 1. The van der Waals surface area contributed by atoms with Gasteiger partial charge < -0.3 is 4.90 Å². The average Bonchev–Trinajstić information content (AvgIpc) is 3.08. The van der Waals surface area contributed by atoms with Gasteiger partial charge in [0.05, 0.1) is 0 Å². The molecule has 0 N–H and O–H groups in total. The molecule has 3 aliphatic rings. The number of fused-ring (bicyclic) bond motifs is 3. The number of nitrogens with zero attached hydrogens (tertiary/aromatic N) is 1. The lowest BCUT2D eigenvalue weighted by atomic mass is 9.90. The van der Waals surface area contributed by atoms with Crippen molar-refractivity contribution in [2.24, 2.45) is 17.8 Å². The lowest BCUT2D eigenvalue weighted by Gasteiger charge is -2.33. The van der Waals surface area contributed by atoms with Gasteiger partial charge in [-0.3, -0.25) is 4.79 Å². The molecule has 4 rings (SSSR count). The van der Waals surface area contributed by atoms with Crippen LogP contribution in [0.1, 0.15) is 24.8 Å². The summed E-state index contributed by atoms with van der Waals surface area (Å²) in [5, 5.41) is 0. The Balaban J connectivity index is 1.63. The van der Waals surface area contributed by atoms with E-state index in [9.17, 15) is 4.79 Å². The molecule has 1 fully saturated rings. The summed E-state index contributed by atoms with van der Waals surface area (Å²) in [6.45, 7) is 0.896. The molecule has 0 spiro atoms. The summed E-state index contributed by atoms with van der Waals surface area (Å²) >= 11 is 0. The number of carbonyl (C=O) groups is 1. The van der Waals surface area contributed by atoms with Crippen molar-refractivity contribution < 1.29 is 4.79 Å². The molecule has 1 aliphatic heterocycles. The Morgan fingerprint density at radius 3 is 2.84 bits per heavy atom. The fraction of sp³-hybridized carbons (Fsp3) is 0.471. The molecule has 0 radical (unpaired) electrons. The number of amides is 1. The van der Waals surface area contributed by atoms with Crippen LogP contribution < -0.4 is 4.90 Å². The molecule has 0 unspecified atom stereocenters. The van der Waals surface area contributed by atoms with Gasteiger partial charge in [-0.05, 0) is 49.1 Å². The first-order chi connectivity index (χ1) is 9.33. The van der Waals surface area contributed by atoms with Gasteiger partial charge in [0.2, 0.25) is 5.91 Å². The number of rotatable bonds is 1. The predicted molar refractivity (Wildman–Crippen MR) is 76.0 cm³/mol. The maximum absolute atomic E-state index is 12.8. The first-order valence-corrected chi connectivity index (χ1v) is 7.40. The number of allylic oxidation sites excluding steroid dienone is 2. The van der Waals surface area contributed by atoms with Gasteiger partial charge in [0.1, 0.15) is 0 Å². The summed E-state index contributed by atoms with van der Waals surface area (Å²) in [5.41, 5.74) is 2.49. The second kappa shape index (κ2) is 4.22. The lowest BCUT2D eigenvalue weighted by molar-refractivity contribution is -0.123. The number of benzene rings is 1. The molecule has 2 aliphatic carbocycles. The van der Waals surface area contributed by atoms with Crippen molar-refractivity contribution in [2.75, 3.05) is 11.4 Å². The van der Waals surface area contributed by atoms with Crippen molar-refractivity contribution in [2.45, 2.75) is 25.7 Å². The standard InChI is InChI=1S/C17H19NO/c19-17(15-11-12-7-8-14(15)10-12)18-9-3-5-13-4-1-2-6-16(13)18/h1-2,4,6-8,12,14-15H,3,5,9-11H2/t12-,14+,15+/m1/s1. The van der Waals surface area contributed by atoms with Crippen LogP contribution in [0.5, 0.6) is 0 Å². The third kappa shape index (κ3) is 1.73. The van der Waals surface area contributed by atoms with Gasteiger partial charge in [0, 0.05) is 18.2 Å². The number of hydrogen-bond donors (Lipinski definition) is 0. The van der Waals surface area contributed by atoms with E-state index in [-0.39, 0.29) is 5.92 Å². The monoisotopic (exact) mass is 253 g/mol. The Morgan fingerprint density at radius 1 is 1.16 bits per heavy atom. The molecule has 1 aromatic rings. The quantitative estimate of drug-likeness (QED) is 0.704. The second-order valence-corrected chi connectivity index (χ2v) is 6.11. The number of hydrogen-bond acceptors (Lipinski definition) is 1. The maximum atomic E-state index is 12.8. The highest BCUT2D eigenvalue weighted by molar-refractivity contribution is 5.96. The van der Waals surface area contributed by atoms with Crippen LogP contribution in [0, 0.1) is 17.8 Å². The molecular weight excluding hydrogens is 234 g/mol. The number of carbonyl (C=O) groups excluding carboxylic acids is 1. The van der Waals surface area contributed by atoms with Crippen molar-refractivity contribution in [3.63, 3.8) is 0 Å². The SMILES string of the molecule is O=C([C@H]1C[C@@H]2C=C[C@H]1C2)N1CCCc2ccccc21. The normalized spacial score (nSPS) is 31.6. The van der Waals surface area contributed by atoms with E-state index < -0.39 is 0 Å². The van der Waals surface area contributed by atoms with E-state index >= 15 is 0 Å². The molecule has 2 nitrogen and oxygen atoms in total. The molecule has 1 amide bonds. The fourth-order valence-electron chi connectivity index (χ4n) is 4.03. The Bertz CT molecular complexity index is 548. The van der Waals surface area contributed by atoms with Crippen LogP contribution in [-0.2, 0) is 11.2 Å². The van der Waals surface area contributed by atoms with E-state index in [2.05, 4.69) is 35.3 Å². The maximum Gasteiger partial charge on any atom is 0.230 e. The van der Waals surface area contributed by atoms with E-state index in [1.54, 1.807) is 0 Å². The fourth-order valence-corrected chi connectivity index (χ4v) is 4.03. The van der Waals surface area contributed by atoms with Gasteiger partial charge in [-0.1, -0.05) is 30.4 Å². The largest absolute Gasteiger partial charge is 0.312 e. The summed E-state index contributed by atoms with van der Waals surface area (Å²) in [6.07, 6.45) is 9.05.